The highest BCUT2D eigenvalue weighted by molar-refractivity contribution is 9.70. The first-order valence-corrected chi connectivity index (χ1v) is 8.26. The van der Waals surface area contributed by atoms with Crippen LogP contribution in [0.1, 0.15) is 5.56 Å². The molecule has 0 spiro atoms. The summed E-state index contributed by atoms with van der Waals surface area (Å²) in [6, 6.07) is 8.46. The van der Waals surface area contributed by atoms with Crippen LogP contribution in [0.15, 0.2) is 24.3 Å². The predicted octanol–water partition coefficient (Wildman–Crippen LogP) is 3.72. The molecule has 0 aromatic heterocycles. The van der Waals surface area contributed by atoms with E-state index in [0.29, 0.717) is 0 Å². The molecule has 0 aliphatic carbocycles. The molecule has 3 heteroatoms. The van der Waals surface area contributed by atoms with Crippen LogP contribution in [0.2, 0.25) is 0 Å². The van der Waals surface area contributed by atoms with Crippen LogP contribution in [0.5, 0.6) is 0 Å². The summed E-state index contributed by atoms with van der Waals surface area (Å²) in [5.74, 6) is 0. The van der Waals surface area contributed by atoms with E-state index in [2.05, 4.69) is 62.2 Å². The summed E-state index contributed by atoms with van der Waals surface area (Å²) in [6.07, 6.45) is 0. The molecule has 10 heavy (non-hydrogen) atoms. The fourth-order valence-corrected chi connectivity index (χ4v) is 2.56. The molecule has 0 radical (unpaired) electrons. The third kappa shape index (κ3) is 2.34. The van der Waals surface area contributed by atoms with Crippen LogP contribution in [-0.2, 0) is 0 Å². The lowest BCUT2D eigenvalue weighted by molar-refractivity contribution is 1.50. The zero-order valence-corrected chi connectivity index (χ0v) is 9.58. The molecule has 0 heterocycles. The van der Waals surface area contributed by atoms with Crippen molar-refractivity contribution in [2.45, 2.75) is 6.92 Å². The zero-order valence-electron chi connectivity index (χ0n) is 5.51. The Labute approximate surface area is 78.3 Å². The van der Waals surface area contributed by atoms with Crippen LogP contribution in [0.4, 0.5) is 0 Å². The van der Waals surface area contributed by atoms with Crippen LogP contribution in [0.25, 0.3) is 0 Å². The Morgan fingerprint density at radius 1 is 1.30 bits per heavy atom. The van der Waals surface area contributed by atoms with Gasteiger partial charge in [-0.25, -0.2) is 0 Å². The van der Waals surface area contributed by atoms with Crippen molar-refractivity contribution in [3.63, 3.8) is 0 Å². The van der Waals surface area contributed by atoms with Gasteiger partial charge in [-0.2, -0.15) is 0 Å². The van der Waals surface area contributed by atoms with E-state index in [1.165, 1.54) is 10.9 Å². The van der Waals surface area contributed by atoms with Crippen molar-refractivity contribution in [3.8, 4) is 0 Å². The molecular weight excluding hydrogens is 275 g/mol. The minimum absolute atomic E-state index is 0.287. The Hall–Kier alpha value is 0.610. The summed E-state index contributed by atoms with van der Waals surface area (Å²) in [5.41, 5.74) is 1.31. The highest BCUT2D eigenvalue weighted by Crippen LogP contribution is 2.50. The van der Waals surface area contributed by atoms with E-state index in [4.69, 9.17) is 0 Å². The van der Waals surface area contributed by atoms with Crippen LogP contribution in [0.3, 0.4) is 0 Å². The molecule has 0 saturated heterocycles. The largest absolute Gasteiger partial charge is 0.0654 e. The number of hydrogen-bond donors (Lipinski definition) is 0. The Morgan fingerprint density at radius 3 is 2.40 bits per heavy atom. The topological polar surface area (TPSA) is 0 Å². The number of rotatable bonds is 1. The standard InChI is InChI=1S/C7H7Br2P/c1-6-3-2-4-7(5-6)10(8)9/h2-5H,1H3. The molecule has 54 valence electrons. The van der Waals surface area contributed by atoms with Gasteiger partial charge >= 0.3 is 0 Å². The fraction of sp³-hybridized carbons (Fsp3) is 0.143. The monoisotopic (exact) mass is 280 g/mol. The van der Waals surface area contributed by atoms with E-state index in [1.807, 2.05) is 0 Å². The second-order valence-corrected chi connectivity index (χ2v) is 10.2. The van der Waals surface area contributed by atoms with Gasteiger partial charge in [0.1, 0.15) is 0 Å². The van der Waals surface area contributed by atoms with Crippen molar-refractivity contribution in [2.24, 2.45) is 0 Å². The van der Waals surface area contributed by atoms with Crippen molar-refractivity contribution in [2.75, 3.05) is 0 Å². The van der Waals surface area contributed by atoms with E-state index in [9.17, 15) is 0 Å². The van der Waals surface area contributed by atoms with Crippen molar-refractivity contribution in [1.29, 1.82) is 0 Å². The number of hydrogen-bond acceptors (Lipinski definition) is 0. The number of benzene rings is 1. The Kier molecular flexibility index (Phi) is 3.35. The summed E-state index contributed by atoms with van der Waals surface area (Å²) < 4.78 is 0. The van der Waals surface area contributed by atoms with Gasteiger partial charge in [0.05, 0.1) is 5.33 Å². The van der Waals surface area contributed by atoms with E-state index >= 15 is 0 Å². The summed E-state index contributed by atoms with van der Waals surface area (Å²) in [5, 5.41) is 1.04. The lowest BCUT2D eigenvalue weighted by Crippen LogP contribution is -1.92. The molecule has 0 atom stereocenters. The molecule has 0 bridgehead atoms. The number of halogens is 2. The first-order valence-electron chi connectivity index (χ1n) is 2.88. The minimum Gasteiger partial charge on any atom is -0.0613 e. The maximum Gasteiger partial charge on any atom is 0.0654 e. The first-order chi connectivity index (χ1) is 4.70. The molecule has 0 aliphatic rings. The Balaban J connectivity index is 2.96. The van der Waals surface area contributed by atoms with Crippen molar-refractivity contribution >= 4 is 41.6 Å². The molecule has 0 nitrogen and oxygen atoms in total. The quantitative estimate of drug-likeness (QED) is 0.688. The van der Waals surface area contributed by atoms with E-state index in [0.717, 1.165) is 0 Å². The predicted molar refractivity (Wildman–Crippen MR) is 55.6 cm³/mol. The number of aryl methyl sites for hydroxylation is 1. The lowest BCUT2D eigenvalue weighted by Gasteiger charge is -2.01. The van der Waals surface area contributed by atoms with Crippen LogP contribution >= 0.6 is 36.3 Å². The van der Waals surface area contributed by atoms with E-state index in [1.54, 1.807) is 0 Å². The Morgan fingerprint density at radius 2 is 2.00 bits per heavy atom. The highest BCUT2D eigenvalue weighted by Gasteiger charge is 1.99. The SMILES string of the molecule is Cc1cccc(P(Br)Br)c1. The normalized spacial score (nSPS) is 10.4. The molecule has 0 fully saturated rings. The molecule has 1 aromatic carbocycles. The third-order valence-electron chi connectivity index (χ3n) is 1.20. The van der Waals surface area contributed by atoms with Crippen molar-refractivity contribution in [3.05, 3.63) is 29.8 Å². The molecule has 0 saturated carbocycles. The van der Waals surface area contributed by atoms with Crippen LogP contribution < -0.4 is 5.30 Å². The van der Waals surface area contributed by atoms with E-state index in [-0.39, 0.29) is 5.33 Å². The second-order valence-electron chi connectivity index (χ2n) is 2.07. The summed E-state index contributed by atoms with van der Waals surface area (Å²) >= 11 is 7.00. The van der Waals surface area contributed by atoms with E-state index < -0.39 is 0 Å². The van der Waals surface area contributed by atoms with Gasteiger partial charge in [-0.3, -0.25) is 0 Å². The minimum atomic E-state index is -0.287. The van der Waals surface area contributed by atoms with Gasteiger partial charge in [0, 0.05) is 0 Å². The lowest BCUT2D eigenvalue weighted by atomic mass is 10.2. The van der Waals surface area contributed by atoms with Gasteiger partial charge in [-0.15, -0.1) is 0 Å². The molecule has 1 aromatic rings. The van der Waals surface area contributed by atoms with Gasteiger partial charge < -0.3 is 0 Å². The third-order valence-corrected chi connectivity index (χ3v) is 4.32. The summed E-state index contributed by atoms with van der Waals surface area (Å²) in [6.45, 7) is 2.10. The average molecular weight is 282 g/mol. The molecule has 0 unspecified atom stereocenters. The van der Waals surface area contributed by atoms with Gasteiger partial charge in [0.25, 0.3) is 0 Å². The second kappa shape index (κ2) is 3.85. The smallest absolute Gasteiger partial charge is 0.0613 e. The van der Waals surface area contributed by atoms with Crippen LogP contribution in [-0.4, -0.2) is 0 Å². The molecule has 0 aliphatic heterocycles. The molecular formula is C7H7Br2P. The first kappa shape index (κ1) is 8.70. The summed E-state index contributed by atoms with van der Waals surface area (Å²) in [4.78, 5) is 0. The van der Waals surface area contributed by atoms with Crippen molar-refractivity contribution in [1.82, 2.24) is 0 Å². The average Bonchev–Trinajstić information content (AvgIpc) is 1.88. The fourth-order valence-electron chi connectivity index (χ4n) is 0.733. The van der Waals surface area contributed by atoms with Crippen molar-refractivity contribution < 1.29 is 0 Å². The van der Waals surface area contributed by atoms with Gasteiger partial charge in [-0.05, 0) is 49.3 Å². The molecule has 0 amide bonds. The molecule has 0 N–H and O–H groups in total. The van der Waals surface area contributed by atoms with Gasteiger partial charge in [0.15, 0.2) is 0 Å². The zero-order chi connectivity index (χ0) is 7.56. The highest BCUT2D eigenvalue weighted by atomic mass is 79.9. The van der Waals surface area contributed by atoms with Gasteiger partial charge in [-0.1, -0.05) is 23.8 Å². The van der Waals surface area contributed by atoms with Crippen LogP contribution in [0, 0.1) is 6.92 Å². The Bertz CT molecular complexity index is 223. The summed E-state index contributed by atoms with van der Waals surface area (Å²) in [7, 11) is 0. The maximum atomic E-state index is 3.50. The maximum absolute atomic E-state index is 3.50. The molecule has 1 rings (SSSR count). The van der Waals surface area contributed by atoms with Gasteiger partial charge in [0.2, 0.25) is 0 Å².